The van der Waals surface area contributed by atoms with Crippen molar-refractivity contribution in [1.29, 1.82) is 0 Å². The van der Waals surface area contributed by atoms with Crippen molar-refractivity contribution in [3.63, 3.8) is 0 Å². The maximum atomic E-state index is 12.4. The van der Waals surface area contributed by atoms with Crippen LogP contribution in [0.4, 0.5) is 0 Å². The Balaban J connectivity index is 1.49. The average Bonchev–Trinajstić information content (AvgIpc) is 2.74. The molecule has 0 atom stereocenters. The number of amides is 1. The van der Waals surface area contributed by atoms with E-state index in [9.17, 15) is 19.2 Å². The van der Waals surface area contributed by atoms with E-state index >= 15 is 0 Å². The van der Waals surface area contributed by atoms with Crippen LogP contribution in [0.3, 0.4) is 0 Å². The van der Waals surface area contributed by atoms with Gasteiger partial charge in [0.1, 0.15) is 6.54 Å². The fourth-order valence-electron chi connectivity index (χ4n) is 3.26. The van der Waals surface area contributed by atoms with Crippen LogP contribution in [0.15, 0.2) is 35.4 Å². The van der Waals surface area contributed by atoms with Crippen LogP contribution in [0.25, 0.3) is 10.9 Å². The highest BCUT2D eigenvalue weighted by Gasteiger charge is 2.28. The second-order valence-electron chi connectivity index (χ2n) is 6.76. The molecule has 1 aliphatic heterocycles. The Morgan fingerprint density at radius 1 is 1.14 bits per heavy atom. The SMILES string of the molecule is CCOC(=O)C1CCN(C(=O)COC(=O)Cn2cnc3ccccc3c2=O)CC1. The van der Waals surface area contributed by atoms with Gasteiger partial charge in [0.25, 0.3) is 11.5 Å². The largest absolute Gasteiger partial charge is 0.466 e. The number of carbonyl (C=O) groups is 3. The van der Waals surface area contributed by atoms with Crippen molar-refractivity contribution in [2.45, 2.75) is 26.3 Å². The van der Waals surface area contributed by atoms with E-state index < -0.39 is 12.6 Å². The smallest absolute Gasteiger partial charge is 0.326 e. The molecule has 2 aromatic rings. The zero-order valence-corrected chi connectivity index (χ0v) is 16.2. The molecule has 1 amide bonds. The number of rotatable bonds is 6. The Morgan fingerprint density at radius 3 is 2.59 bits per heavy atom. The molecule has 1 aliphatic rings. The Kier molecular flexibility index (Phi) is 6.58. The molecule has 0 radical (unpaired) electrons. The number of aromatic nitrogens is 2. The number of fused-ring (bicyclic) bond motifs is 1. The Morgan fingerprint density at radius 2 is 1.86 bits per heavy atom. The van der Waals surface area contributed by atoms with Gasteiger partial charge in [-0.25, -0.2) is 4.98 Å². The van der Waals surface area contributed by atoms with Crippen molar-refractivity contribution in [2.24, 2.45) is 5.92 Å². The molecule has 0 spiro atoms. The van der Waals surface area contributed by atoms with Crippen LogP contribution in [0.1, 0.15) is 19.8 Å². The highest BCUT2D eigenvalue weighted by atomic mass is 16.5. The zero-order chi connectivity index (χ0) is 20.8. The van der Waals surface area contributed by atoms with Gasteiger partial charge in [0.05, 0.1) is 29.8 Å². The highest BCUT2D eigenvalue weighted by molar-refractivity contribution is 5.81. The summed E-state index contributed by atoms with van der Waals surface area (Å²) >= 11 is 0. The summed E-state index contributed by atoms with van der Waals surface area (Å²) in [6, 6.07) is 6.84. The van der Waals surface area contributed by atoms with E-state index in [-0.39, 0.29) is 29.9 Å². The lowest BCUT2D eigenvalue weighted by molar-refractivity contribution is -0.155. The van der Waals surface area contributed by atoms with Gasteiger partial charge < -0.3 is 14.4 Å². The minimum Gasteiger partial charge on any atom is -0.466 e. The molecule has 1 aromatic heterocycles. The van der Waals surface area contributed by atoms with Crippen molar-refractivity contribution in [3.05, 3.63) is 40.9 Å². The molecule has 1 saturated heterocycles. The van der Waals surface area contributed by atoms with Gasteiger partial charge in [-0.3, -0.25) is 23.7 Å². The number of benzene rings is 1. The minimum absolute atomic E-state index is 0.200. The van der Waals surface area contributed by atoms with Crippen molar-refractivity contribution in [2.75, 3.05) is 26.3 Å². The summed E-state index contributed by atoms with van der Waals surface area (Å²) in [5.74, 6) is -1.46. The molecule has 3 rings (SSSR count). The average molecular weight is 401 g/mol. The molecular weight excluding hydrogens is 378 g/mol. The van der Waals surface area contributed by atoms with Crippen LogP contribution in [0, 0.1) is 5.92 Å². The van der Waals surface area contributed by atoms with E-state index in [0.717, 1.165) is 4.57 Å². The predicted molar refractivity (Wildman–Crippen MR) is 103 cm³/mol. The molecule has 1 aromatic carbocycles. The van der Waals surface area contributed by atoms with Gasteiger partial charge in [-0.15, -0.1) is 0 Å². The van der Waals surface area contributed by atoms with Crippen molar-refractivity contribution < 1.29 is 23.9 Å². The first-order chi connectivity index (χ1) is 14.0. The zero-order valence-electron chi connectivity index (χ0n) is 16.2. The summed E-state index contributed by atoms with van der Waals surface area (Å²) in [6.45, 7) is 2.19. The summed E-state index contributed by atoms with van der Waals surface area (Å²) < 4.78 is 11.2. The number of hydrogen-bond acceptors (Lipinski definition) is 7. The second kappa shape index (κ2) is 9.31. The molecule has 1 fully saturated rings. The van der Waals surface area contributed by atoms with Gasteiger partial charge in [-0.1, -0.05) is 12.1 Å². The normalized spacial score (nSPS) is 14.6. The Labute approximate surface area is 167 Å². The van der Waals surface area contributed by atoms with Gasteiger partial charge in [0.2, 0.25) is 0 Å². The third kappa shape index (κ3) is 4.98. The number of piperidine rings is 1. The van der Waals surface area contributed by atoms with Crippen molar-refractivity contribution >= 4 is 28.7 Å². The summed E-state index contributed by atoms with van der Waals surface area (Å²) in [5.41, 5.74) is 0.198. The van der Waals surface area contributed by atoms with Crippen molar-refractivity contribution in [1.82, 2.24) is 14.5 Å². The van der Waals surface area contributed by atoms with E-state index in [0.29, 0.717) is 43.4 Å². The topological polar surface area (TPSA) is 108 Å². The summed E-state index contributed by atoms with van der Waals surface area (Å²) in [5, 5.41) is 0.406. The molecule has 154 valence electrons. The van der Waals surface area contributed by atoms with Crippen molar-refractivity contribution in [3.8, 4) is 0 Å². The quantitative estimate of drug-likeness (QED) is 0.657. The number of ether oxygens (including phenoxy) is 2. The first-order valence-corrected chi connectivity index (χ1v) is 9.53. The number of carbonyl (C=O) groups excluding carboxylic acids is 3. The van der Waals surface area contributed by atoms with Gasteiger partial charge in [0.15, 0.2) is 6.61 Å². The van der Waals surface area contributed by atoms with Gasteiger partial charge in [0, 0.05) is 13.1 Å². The summed E-state index contributed by atoms with van der Waals surface area (Å²) in [7, 11) is 0. The molecule has 9 nitrogen and oxygen atoms in total. The molecule has 0 bridgehead atoms. The number of nitrogens with zero attached hydrogens (tertiary/aromatic N) is 3. The van der Waals surface area contributed by atoms with Gasteiger partial charge in [-0.2, -0.15) is 0 Å². The van der Waals surface area contributed by atoms with Gasteiger partial charge in [-0.05, 0) is 31.9 Å². The lowest BCUT2D eigenvalue weighted by Gasteiger charge is -2.30. The number of likely N-dealkylation sites (tertiary alicyclic amines) is 1. The number of esters is 2. The third-order valence-corrected chi connectivity index (χ3v) is 4.86. The molecular formula is C20H23N3O6. The van der Waals surface area contributed by atoms with Crippen LogP contribution in [-0.4, -0.2) is 58.6 Å². The minimum atomic E-state index is -0.695. The number of hydrogen-bond donors (Lipinski definition) is 0. The third-order valence-electron chi connectivity index (χ3n) is 4.86. The van der Waals surface area contributed by atoms with E-state index in [4.69, 9.17) is 9.47 Å². The van der Waals surface area contributed by atoms with Crippen LogP contribution >= 0.6 is 0 Å². The monoisotopic (exact) mass is 401 g/mol. The van der Waals surface area contributed by atoms with Crippen LogP contribution in [-0.2, 0) is 30.4 Å². The number of para-hydroxylation sites is 1. The van der Waals surface area contributed by atoms with E-state index in [1.165, 1.54) is 6.33 Å². The van der Waals surface area contributed by atoms with Crippen LogP contribution < -0.4 is 5.56 Å². The first-order valence-electron chi connectivity index (χ1n) is 9.53. The molecule has 29 heavy (non-hydrogen) atoms. The molecule has 2 heterocycles. The molecule has 9 heteroatoms. The maximum absolute atomic E-state index is 12.4. The van der Waals surface area contributed by atoms with Crippen LogP contribution in [0.2, 0.25) is 0 Å². The summed E-state index contributed by atoms with van der Waals surface area (Å²) in [6.07, 6.45) is 2.33. The predicted octanol–water partition coefficient (Wildman–Crippen LogP) is 0.741. The van der Waals surface area contributed by atoms with Gasteiger partial charge >= 0.3 is 11.9 Å². The second-order valence-corrected chi connectivity index (χ2v) is 6.76. The lowest BCUT2D eigenvalue weighted by Crippen LogP contribution is -2.42. The fraction of sp³-hybridized carbons (Fsp3) is 0.450. The molecule has 0 unspecified atom stereocenters. The fourth-order valence-corrected chi connectivity index (χ4v) is 3.26. The molecule has 0 N–H and O–H groups in total. The Hall–Kier alpha value is -3.23. The Bertz CT molecular complexity index is 962. The highest BCUT2D eigenvalue weighted by Crippen LogP contribution is 2.18. The van der Waals surface area contributed by atoms with E-state index in [1.807, 2.05) is 0 Å². The maximum Gasteiger partial charge on any atom is 0.326 e. The van der Waals surface area contributed by atoms with E-state index in [1.54, 1.807) is 36.1 Å². The standard InChI is InChI=1S/C20H23N3O6/c1-2-28-20(27)14-7-9-22(10-8-14)17(24)12-29-18(25)11-23-13-21-16-6-4-3-5-15(16)19(23)26/h3-6,13-14H,2,7-12H2,1H3. The first kappa shape index (κ1) is 20.5. The van der Waals surface area contributed by atoms with Crippen LogP contribution in [0.5, 0.6) is 0 Å². The molecule has 0 saturated carbocycles. The molecule has 0 aliphatic carbocycles. The lowest BCUT2D eigenvalue weighted by atomic mass is 9.97. The summed E-state index contributed by atoms with van der Waals surface area (Å²) in [4.78, 5) is 54.1. The van der Waals surface area contributed by atoms with E-state index in [2.05, 4.69) is 4.98 Å².